The number of hydrogen-bond donors (Lipinski definition) is 1. The van der Waals surface area contributed by atoms with Crippen molar-refractivity contribution < 1.29 is 4.79 Å². The Hall–Kier alpha value is -1.77. The molecule has 1 aliphatic rings. The van der Waals surface area contributed by atoms with Crippen molar-refractivity contribution in [1.82, 2.24) is 0 Å². The molecule has 0 aliphatic carbocycles. The van der Waals surface area contributed by atoms with Crippen molar-refractivity contribution in [3.8, 4) is 0 Å². The second-order valence-electron chi connectivity index (χ2n) is 5.21. The van der Waals surface area contributed by atoms with Gasteiger partial charge < -0.3 is 10.2 Å². The molecule has 0 bridgehead atoms. The molecule has 1 N–H and O–H groups in total. The molecular formula is C16H22N2O. The first-order chi connectivity index (χ1) is 9.19. The number of amides is 1. The van der Waals surface area contributed by atoms with E-state index in [4.69, 9.17) is 0 Å². The summed E-state index contributed by atoms with van der Waals surface area (Å²) in [4.78, 5) is 13.8. The molecule has 1 fully saturated rings. The summed E-state index contributed by atoms with van der Waals surface area (Å²) in [6, 6.07) is 8.10. The van der Waals surface area contributed by atoms with Crippen LogP contribution in [-0.4, -0.2) is 19.0 Å². The van der Waals surface area contributed by atoms with Gasteiger partial charge in [-0.3, -0.25) is 4.79 Å². The molecule has 0 radical (unpaired) electrons. The molecule has 3 nitrogen and oxygen atoms in total. The third kappa shape index (κ3) is 3.85. The van der Waals surface area contributed by atoms with E-state index in [0.29, 0.717) is 0 Å². The summed E-state index contributed by atoms with van der Waals surface area (Å²) in [5, 5.41) is 2.84. The summed E-state index contributed by atoms with van der Waals surface area (Å²) >= 11 is 0. The monoisotopic (exact) mass is 258 g/mol. The number of benzene rings is 1. The minimum Gasteiger partial charge on any atom is -0.372 e. The summed E-state index contributed by atoms with van der Waals surface area (Å²) in [6.45, 7) is 6.41. The fraction of sp³-hybridized carbons (Fsp3) is 0.438. The van der Waals surface area contributed by atoms with Crippen molar-refractivity contribution >= 4 is 17.3 Å². The second kappa shape index (κ2) is 6.41. The van der Waals surface area contributed by atoms with Crippen LogP contribution in [0.2, 0.25) is 0 Å². The Labute approximate surface area is 115 Å². The number of carbonyl (C=O) groups excluding carboxylic acids is 1. The van der Waals surface area contributed by atoms with Gasteiger partial charge in [-0.25, -0.2) is 0 Å². The zero-order chi connectivity index (χ0) is 13.7. The predicted octanol–water partition coefficient (Wildman–Crippen LogP) is 3.44. The van der Waals surface area contributed by atoms with E-state index in [-0.39, 0.29) is 5.91 Å². The maximum absolute atomic E-state index is 11.4. The molecule has 1 heterocycles. The molecule has 1 aromatic carbocycles. The molecule has 3 heteroatoms. The van der Waals surface area contributed by atoms with Crippen LogP contribution in [0.5, 0.6) is 0 Å². The fourth-order valence-electron chi connectivity index (χ4n) is 2.36. The number of hydrogen-bond acceptors (Lipinski definition) is 2. The summed E-state index contributed by atoms with van der Waals surface area (Å²) in [7, 11) is 0. The quantitative estimate of drug-likeness (QED) is 0.842. The van der Waals surface area contributed by atoms with E-state index in [2.05, 4.69) is 29.3 Å². The number of allylic oxidation sites excluding steroid dienone is 1. The van der Waals surface area contributed by atoms with Crippen LogP contribution in [0.15, 0.2) is 36.4 Å². The number of rotatable bonds is 3. The first-order valence-electron chi connectivity index (χ1n) is 6.97. The smallest absolute Gasteiger partial charge is 0.248 e. The minimum atomic E-state index is -0.0814. The molecule has 102 valence electrons. The molecule has 0 saturated carbocycles. The van der Waals surface area contributed by atoms with Crippen molar-refractivity contribution in [2.45, 2.75) is 26.7 Å². The van der Waals surface area contributed by atoms with Crippen LogP contribution >= 0.6 is 0 Å². The molecule has 1 aromatic rings. The van der Waals surface area contributed by atoms with Crippen LogP contribution in [0.3, 0.4) is 0 Å². The lowest BCUT2D eigenvalue weighted by atomic mass is 9.99. The van der Waals surface area contributed by atoms with Gasteiger partial charge in [-0.1, -0.05) is 13.0 Å². The molecule has 1 aliphatic heterocycles. The summed E-state index contributed by atoms with van der Waals surface area (Å²) in [5.74, 6) is 0.762. The van der Waals surface area contributed by atoms with Crippen molar-refractivity contribution in [1.29, 1.82) is 0 Å². The Morgan fingerprint density at radius 2 is 1.89 bits per heavy atom. The lowest BCUT2D eigenvalue weighted by Gasteiger charge is -2.32. The highest BCUT2D eigenvalue weighted by atomic mass is 16.1. The highest BCUT2D eigenvalue weighted by Crippen LogP contribution is 2.24. The maximum Gasteiger partial charge on any atom is 0.248 e. The van der Waals surface area contributed by atoms with Crippen LogP contribution in [0.1, 0.15) is 26.7 Å². The van der Waals surface area contributed by atoms with Gasteiger partial charge in [-0.15, -0.1) is 0 Å². The van der Waals surface area contributed by atoms with E-state index in [0.717, 1.165) is 24.7 Å². The molecule has 1 saturated heterocycles. The highest BCUT2D eigenvalue weighted by molar-refractivity contribution is 5.99. The first kappa shape index (κ1) is 13.7. The Morgan fingerprint density at radius 1 is 1.26 bits per heavy atom. The minimum absolute atomic E-state index is 0.0814. The fourth-order valence-corrected chi connectivity index (χ4v) is 2.36. The zero-order valence-corrected chi connectivity index (χ0v) is 11.7. The van der Waals surface area contributed by atoms with Gasteiger partial charge in [-0.05, 0) is 56.0 Å². The van der Waals surface area contributed by atoms with Gasteiger partial charge in [0.25, 0.3) is 0 Å². The average molecular weight is 258 g/mol. The second-order valence-corrected chi connectivity index (χ2v) is 5.21. The van der Waals surface area contributed by atoms with Gasteiger partial charge in [0.1, 0.15) is 0 Å². The van der Waals surface area contributed by atoms with Gasteiger partial charge in [0, 0.05) is 24.5 Å². The van der Waals surface area contributed by atoms with Crippen molar-refractivity contribution in [3.63, 3.8) is 0 Å². The Balaban J connectivity index is 1.96. The molecular weight excluding hydrogens is 236 g/mol. The zero-order valence-electron chi connectivity index (χ0n) is 11.7. The van der Waals surface area contributed by atoms with Crippen molar-refractivity contribution in [2.24, 2.45) is 5.92 Å². The van der Waals surface area contributed by atoms with Gasteiger partial charge >= 0.3 is 0 Å². The number of nitrogens with one attached hydrogen (secondary N) is 1. The number of nitrogens with zero attached hydrogens (tertiary/aromatic N) is 1. The largest absolute Gasteiger partial charge is 0.372 e. The van der Waals surface area contributed by atoms with Crippen molar-refractivity contribution in [2.75, 3.05) is 23.3 Å². The molecule has 19 heavy (non-hydrogen) atoms. The number of anilines is 2. The molecule has 0 atom stereocenters. The Morgan fingerprint density at radius 3 is 2.47 bits per heavy atom. The Kier molecular flexibility index (Phi) is 4.61. The third-order valence-corrected chi connectivity index (χ3v) is 3.60. The topological polar surface area (TPSA) is 32.3 Å². The van der Waals surface area contributed by atoms with Crippen molar-refractivity contribution in [3.05, 3.63) is 36.4 Å². The Bertz CT molecular complexity index is 442. The highest BCUT2D eigenvalue weighted by Gasteiger charge is 2.15. The lowest BCUT2D eigenvalue weighted by Crippen LogP contribution is -2.32. The molecule has 2 rings (SSSR count). The van der Waals surface area contributed by atoms with Crippen LogP contribution in [0.4, 0.5) is 11.4 Å². The normalized spacial score (nSPS) is 16.8. The SMILES string of the molecule is CC=CC(=O)Nc1ccc(N2CCC(C)CC2)cc1. The van der Waals surface area contributed by atoms with E-state index >= 15 is 0 Å². The van der Waals surface area contributed by atoms with Gasteiger partial charge in [0.2, 0.25) is 5.91 Å². The molecule has 1 amide bonds. The van der Waals surface area contributed by atoms with Gasteiger partial charge in [-0.2, -0.15) is 0 Å². The number of carbonyl (C=O) groups is 1. The predicted molar refractivity (Wildman–Crippen MR) is 80.5 cm³/mol. The van der Waals surface area contributed by atoms with E-state index < -0.39 is 0 Å². The van der Waals surface area contributed by atoms with Crippen LogP contribution in [-0.2, 0) is 4.79 Å². The van der Waals surface area contributed by atoms with Gasteiger partial charge in [0.05, 0.1) is 0 Å². The third-order valence-electron chi connectivity index (χ3n) is 3.60. The number of piperidine rings is 1. The lowest BCUT2D eigenvalue weighted by molar-refractivity contribution is -0.111. The first-order valence-corrected chi connectivity index (χ1v) is 6.97. The van der Waals surface area contributed by atoms with Gasteiger partial charge in [0.15, 0.2) is 0 Å². The average Bonchev–Trinajstić information content (AvgIpc) is 2.41. The van der Waals surface area contributed by atoms with Crippen LogP contribution < -0.4 is 10.2 Å². The molecule has 0 spiro atoms. The van der Waals surface area contributed by atoms with E-state index in [1.165, 1.54) is 24.6 Å². The van der Waals surface area contributed by atoms with Crippen LogP contribution in [0, 0.1) is 5.92 Å². The van der Waals surface area contributed by atoms with E-state index in [1.54, 1.807) is 6.08 Å². The van der Waals surface area contributed by atoms with Crippen LogP contribution in [0.25, 0.3) is 0 Å². The standard InChI is InChI=1S/C16H22N2O/c1-3-4-16(19)17-14-5-7-15(8-6-14)18-11-9-13(2)10-12-18/h3-8,13H,9-12H2,1-2H3,(H,17,19). The molecule has 0 unspecified atom stereocenters. The van der Waals surface area contributed by atoms with E-state index in [9.17, 15) is 4.79 Å². The summed E-state index contributed by atoms with van der Waals surface area (Å²) in [6.07, 6.45) is 5.79. The molecule has 0 aromatic heterocycles. The maximum atomic E-state index is 11.4. The summed E-state index contributed by atoms with van der Waals surface area (Å²) in [5.41, 5.74) is 2.09. The van der Waals surface area contributed by atoms with E-state index in [1.807, 2.05) is 19.1 Å². The summed E-state index contributed by atoms with van der Waals surface area (Å²) < 4.78 is 0.